The summed E-state index contributed by atoms with van der Waals surface area (Å²) in [6, 6.07) is 17.6. The average molecular weight is 605 g/mol. The molecule has 0 aliphatic carbocycles. The molecule has 0 saturated carbocycles. The first kappa shape index (κ1) is 26.6. The summed E-state index contributed by atoms with van der Waals surface area (Å²) in [5.41, 5.74) is 4.52. The van der Waals surface area contributed by atoms with Gasteiger partial charge in [0.05, 0.1) is 10.7 Å². The lowest BCUT2D eigenvalue weighted by Gasteiger charge is -2.20. The SMILES string of the molecule is CC(C)C(NC(=O)c1ccc(F)cc1)C(=O)NN=Cc1ccc(OCc2ccc(Br)cc2)c(Br)c1. The molecule has 3 aromatic carbocycles. The third kappa shape index (κ3) is 8.00. The van der Waals surface area contributed by atoms with Crippen LogP contribution in [0.2, 0.25) is 0 Å². The Bertz CT molecular complexity index is 1200. The number of carbonyl (C=O) groups is 2. The molecule has 3 rings (SSSR count). The van der Waals surface area contributed by atoms with Crippen LogP contribution in [-0.2, 0) is 11.4 Å². The summed E-state index contributed by atoms with van der Waals surface area (Å²) < 4.78 is 20.7. The van der Waals surface area contributed by atoms with Gasteiger partial charge in [-0.3, -0.25) is 9.59 Å². The van der Waals surface area contributed by atoms with Gasteiger partial charge in [0, 0.05) is 10.0 Å². The van der Waals surface area contributed by atoms with Crippen LogP contribution in [0.15, 0.2) is 80.8 Å². The molecule has 6 nitrogen and oxygen atoms in total. The van der Waals surface area contributed by atoms with Crippen molar-refractivity contribution in [1.82, 2.24) is 10.7 Å². The molecule has 1 unspecified atom stereocenters. The predicted molar refractivity (Wildman–Crippen MR) is 141 cm³/mol. The second-order valence-corrected chi connectivity index (χ2v) is 9.81. The van der Waals surface area contributed by atoms with E-state index in [0.717, 1.165) is 20.1 Å². The highest BCUT2D eigenvalue weighted by Crippen LogP contribution is 2.26. The van der Waals surface area contributed by atoms with E-state index in [2.05, 4.69) is 47.7 Å². The molecule has 0 radical (unpaired) electrons. The van der Waals surface area contributed by atoms with Crippen molar-refractivity contribution < 1.29 is 18.7 Å². The van der Waals surface area contributed by atoms with Gasteiger partial charge in [0.15, 0.2) is 0 Å². The van der Waals surface area contributed by atoms with Gasteiger partial charge < -0.3 is 10.1 Å². The minimum absolute atomic E-state index is 0.189. The van der Waals surface area contributed by atoms with Crippen LogP contribution in [0.4, 0.5) is 4.39 Å². The first-order chi connectivity index (χ1) is 16.7. The van der Waals surface area contributed by atoms with Gasteiger partial charge in [-0.2, -0.15) is 5.10 Å². The van der Waals surface area contributed by atoms with Crippen molar-refractivity contribution in [3.05, 3.63) is 98.2 Å². The van der Waals surface area contributed by atoms with Crippen molar-refractivity contribution in [2.45, 2.75) is 26.5 Å². The van der Waals surface area contributed by atoms with Gasteiger partial charge in [0.25, 0.3) is 11.8 Å². The average Bonchev–Trinajstić information content (AvgIpc) is 2.83. The molecule has 0 saturated heterocycles. The molecule has 0 bridgehead atoms. The van der Waals surface area contributed by atoms with Crippen molar-refractivity contribution in [1.29, 1.82) is 0 Å². The highest BCUT2D eigenvalue weighted by atomic mass is 79.9. The molecule has 0 fully saturated rings. The van der Waals surface area contributed by atoms with Gasteiger partial charge in [0.1, 0.15) is 24.2 Å². The lowest BCUT2D eigenvalue weighted by Crippen LogP contribution is -2.48. The van der Waals surface area contributed by atoms with E-state index < -0.39 is 23.7 Å². The molecule has 0 aliphatic rings. The third-order valence-corrected chi connectivity index (χ3v) is 6.14. The highest BCUT2D eigenvalue weighted by Gasteiger charge is 2.24. The molecular formula is C26H24Br2FN3O3. The molecule has 1 atom stereocenters. The zero-order chi connectivity index (χ0) is 25.4. The Morgan fingerprint density at radius 2 is 1.71 bits per heavy atom. The van der Waals surface area contributed by atoms with Crippen molar-refractivity contribution in [2.24, 2.45) is 11.0 Å². The number of rotatable bonds is 9. The number of benzene rings is 3. The number of hydrogen-bond acceptors (Lipinski definition) is 4. The van der Waals surface area contributed by atoms with Crippen LogP contribution in [0, 0.1) is 11.7 Å². The van der Waals surface area contributed by atoms with E-state index in [9.17, 15) is 14.0 Å². The summed E-state index contributed by atoms with van der Waals surface area (Å²) in [7, 11) is 0. The van der Waals surface area contributed by atoms with E-state index in [0.29, 0.717) is 12.4 Å². The largest absolute Gasteiger partial charge is 0.488 e. The molecule has 2 amide bonds. The monoisotopic (exact) mass is 603 g/mol. The summed E-state index contributed by atoms with van der Waals surface area (Å²) in [4.78, 5) is 25.1. The molecule has 2 N–H and O–H groups in total. The fraction of sp³-hybridized carbons (Fsp3) is 0.192. The Hall–Kier alpha value is -3.04. The van der Waals surface area contributed by atoms with Crippen molar-refractivity contribution in [3.63, 3.8) is 0 Å². The van der Waals surface area contributed by atoms with E-state index in [4.69, 9.17) is 4.74 Å². The summed E-state index contributed by atoms with van der Waals surface area (Å²) in [5, 5.41) is 6.69. The van der Waals surface area contributed by atoms with Gasteiger partial charge in [0.2, 0.25) is 0 Å². The molecule has 35 heavy (non-hydrogen) atoms. The quantitative estimate of drug-likeness (QED) is 0.238. The smallest absolute Gasteiger partial charge is 0.262 e. The Balaban J connectivity index is 1.56. The Kier molecular flexibility index (Phi) is 9.56. The number of hydrogen-bond donors (Lipinski definition) is 2. The number of ether oxygens (including phenoxy) is 1. The summed E-state index contributed by atoms with van der Waals surface area (Å²) in [5.74, 6) is -0.876. The van der Waals surface area contributed by atoms with E-state index >= 15 is 0 Å². The maximum absolute atomic E-state index is 13.1. The molecule has 9 heteroatoms. The van der Waals surface area contributed by atoms with Gasteiger partial charge in [-0.1, -0.05) is 41.9 Å². The lowest BCUT2D eigenvalue weighted by atomic mass is 10.0. The third-order valence-electron chi connectivity index (χ3n) is 4.99. The van der Waals surface area contributed by atoms with Crippen molar-refractivity contribution in [2.75, 3.05) is 0 Å². The van der Waals surface area contributed by atoms with Gasteiger partial charge in [-0.25, -0.2) is 9.82 Å². The Labute approximate surface area is 220 Å². The number of amides is 2. The molecule has 0 aliphatic heterocycles. The first-order valence-corrected chi connectivity index (χ1v) is 12.4. The summed E-state index contributed by atoms with van der Waals surface area (Å²) in [6.45, 7) is 4.04. The molecule has 0 spiro atoms. The summed E-state index contributed by atoms with van der Waals surface area (Å²) >= 11 is 6.91. The maximum atomic E-state index is 13.1. The normalized spacial score (nSPS) is 11.9. The van der Waals surface area contributed by atoms with E-state index in [1.807, 2.05) is 56.3 Å². The zero-order valence-corrected chi connectivity index (χ0v) is 22.3. The Morgan fingerprint density at radius 1 is 1.03 bits per heavy atom. The fourth-order valence-corrected chi connectivity index (χ4v) is 3.83. The molecular weight excluding hydrogens is 581 g/mol. The zero-order valence-electron chi connectivity index (χ0n) is 19.1. The van der Waals surface area contributed by atoms with Crippen LogP contribution in [0.3, 0.4) is 0 Å². The lowest BCUT2D eigenvalue weighted by molar-refractivity contribution is -0.123. The number of nitrogens with zero attached hydrogens (tertiary/aromatic N) is 1. The molecule has 0 heterocycles. The predicted octanol–water partition coefficient (Wildman–Crippen LogP) is 5.83. The van der Waals surface area contributed by atoms with Crippen LogP contribution < -0.4 is 15.5 Å². The van der Waals surface area contributed by atoms with Gasteiger partial charge in [-0.05, 0) is 87.6 Å². The van der Waals surface area contributed by atoms with E-state index in [1.54, 1.807) is 0 Å². The standard InChI is InChI=1S/C26H24Br2FN3O3/c1-16(2)24(31-25(33)19-6-10-21(29)11-7-19)26(34)32-30-14-18-5-12-23(22(28)13-18)35-15-17-3-8-20(27)9-4-17/h3-14,16,24H,15H2,1-2H3,(H,31,33)(H,32,34). The van der Waals surface area contributed by atoms with Crippen molar-refractivity contribution >= 4 is 49.9 Å². The number of halogens is 3. The van der Waals surface area contributed by atoms with E-state index in [-0.39, 0.29) is 11.5 Å². The van der Waals surface area contributed by atoms with Crippen LogP contribution in [0.25, 0.3) is 0 Å². The Morgan fingerprint density at radius 3 is 2.34 bits per heavy atom. The van der Waals surface area contributed by atoms with Gasteiger partial charge in [-0.15, -0.1) is 0 Å². The second-order valence-electron chi connectivity index (χ2n) is 8.04. The van der Waals surface area contributed by atoms with Gasteiger partial charge >= 0.3 is 0 Å². The fourth-order valence-electron chi connectivity index (χ4n) is 3.06. The molecule has 0 aromatic heterocycles. The van der Waals surface area contributed by atoms with Crippen LogP contribution >= 0.6 is 31.9 Å². The number of nitrogens with one attached hydrogen (secondary N) is 2. The summed E-state index contributed by atoms with van der Waals surface area (Å²) in [6.07, 6.45) is 1.50. The minimum Gasteiger partial charge on any atom is -0.488 e. The topological polar surface area (TPSA) is 79.8 Å². The molecule has 3 aromatic rings. The highest BCUT2D eigenvalue weighted by molar-refractivity contribution is 9.10. The minimum atomic E-state index is -0.814. The second kappa shape index (κ2) is 12.6. The van der Waals surface area contributed by atoms with Crippen LogP contribution in [0.5, 0.6) is 5.75 Å². The maximum Gasteiger partial charge on any atom is 0.262 e. The molecule has 182 valence electrons. The number of carbonyl (C=O) groups excluding carboxylic acids is 2. The van der Waals surface area contributed by atoms with Crippen molar-refractivity contribution in [3.8, 4) is 5.75 Å². The van der Waals surface area contributed by atoms with Crippen LogP contribution in [0.1, 0.15) is 35.3 Å². The van der Waals surface area contributed by atoms with E-state index in [1.165, 1.54) is 30.5 Å². The van der Waals surface area contributed by atoms with Crippen LogP contribution in [-0.4, -0.2) is 24.1 Å². The first-order valence-electron chi connectivity index (χ1n) is 10.8. The number of hydrazone groups is 1.